The second kappa shape index (κ2) is 8.17. The van der Waals surface area contributed by atoms with E-state index in [1.807, 2.05) is 43.3 Å². The van der Waals surface area contributed by atoms with E-state index in [9.17, 15) is 9.70 Å². The van der Waals surface area contributed by atoms with Gasteiger partial charge in [0.05, 0.1) is 7.11 Å². The van der Waals surface area contributed by atoms with Gasteiger partial charge in [0.1, 0.15) is 18.4 Å². The van der Waals surface area contributed by atoms with E-state index in [1.165, 1.54) is 7.11 Å². The van der Waals surface area contributed by atoms with Gasteiger partial charge < -0.3 is 9.57 Å². The zero-order valence-corrected chi connectivity index (χ0v) is 13.0. The molecule has 0 aromatic heterocycles. The van der Waals surface area contributed by atoms with Crippen molar-refractivity contribution in [2.45, 2.75) is 19.6 Å². The molecule has 2 rings (SSSR count). The van der Waals surface area contributed by atoms with E-state index in [4.69, 9.17) is 9.57 Å². The number of hydrogen-bond acceptors (Lipinski definition) is 5. The summed E-state index contributed by atoms with van der Waals surface area (Å²) >= 11 is 0. The molecule has 1 amide bonds. The molecule has 0 heterocycles. The molecular weight excluding hydrogens is 296 g/mol. The molecule has 6 heteroatoms. The maximum Gasteiger partial charge on any atom is 0.309 e. The van der Waals surface area contributed by atoms with E-state index in [0.717, 1.165) is 16.9 Å². The summed E-state index contributed by atoms with van der Waals surface area (Å²) in [6.07, 6.45) is 0. The Labute approximate surface area is 134 Å². The minimum absolute atomic E-state index is 0.259. The second-order valence-electron chi connectivity index (χ2n) is 4.94. The Hall–Kier alpha value is -2.57. The maximum atomic E-state index is 11.7. The molecule has 120 valence electrons. The van der Waals surface area contributed by atoms with E-state index < -0.39 is 11.9 Å². The summed E-state index contributed by atoms with van der Waals surface area (Å²) in [7, 11) is 1.37. The number of benzene rings is 2. The summed E-state index contributed by atoms with van der Waals surface area (Å²) in [5, 5.41) is 2.49. The molecule has 0 saturated heterocycles. The van der Waals surface area contributed by atoms with Crippen molar-refractivity contribution in [3.63, 3.8) is 0 Å². The topological polar surface area (TPSA) is 77.0 Å². The third-order valence-electron chi connectivity index (χ3n) is 3.42. The van der Waals surface area contributed by atoms with Gasteiger partial charge in [0, 0.05) is 5.18 Å². The van der Waals surface area contributed by atoms with Gasteiger partial charge in [0.15, 0.2) is 0 Å². The number of para-hydroxylation sites is 1. The molecule has 1 N–H and O–H groups in total. The first kappa shape index (κ1) is 16.8. The van der Waals surface area contributed by atoms with Crippen molar-refractivity contribution in [2.24, 2.45) is 5.18 Å². The highest BCUT2D eigenvalue weighted by Crippen LogP contribution is 2.23. The third kappa shape index (κ3) is 4.21. The molecule has 0 saturated carbocycles. The van der Waals surface area contributed by atoms with Crippen LogP contribution in [0.1, 0.15) is 22.7 Å². The summed E-state index contributed by atoms with van der Waals surface area (Å²) < 4.78 is 5.82. The van der Waals surface area contributed by atoms with Crippen LogP contribution in [0.15, 0.2) is 53.7 Å². The molecule has 6 nitrogen and oxygen atoms in total. The van der Waals surface area contributed by atoms with Gasteiger partial charge in [-0.3, -0.25) is 4.79 Å². The molecule has 1 unspecified atom stereocenters. The van der Waals surface area contributed by atoms with Gasteiger partial charge in [-0.2, -0.15) is 5.48 Å². The Bertz CT molecular complexity index is 688. The van der Waals surface area contributed by atoms with Crippen LogP contribution in [0.2, 0.25) is 0 Å². The van der Waals surface area contributed by atoms with Crippen molar-refractivity contribution in [3.8, 4) is 5.75 Å². The predicted molar refractivity (Wildman–Crippen MR) is 85.6 cm³/mol. The van der Waals surface area contributed by atoms with Crippen LogP contribution in [0, 0.1) is 11.8 Å². The van der Waals surface area contributed by atoms with Gasteiger partial charge in [-0.25, -0.2) is 0 Å². The summed E-state index contributed by atoms with van der Waals surface area (Å²) in [6, 6.07) is 13.9. The van der Waals surface area contributed by atoms with Crippen molar-refractivity contribution < 1.29 is 14.4 Å². The molecule has 0 fully saturated rings. The molecule has 0 spiro atoms. The standard InChI is InChI=1S/C17H18N2O4/c1-12-7-3-6-10-15(12)23-11-13-8-4-5-9-14(13)16(19-22-2)17(20)18-21/h3-10,16,19H,11H2,1-2H3. The molecule has 2 aromatic carbocycles. The number of nitroso groups, excluding NO2 is 1. The minimum Gasteiger partial charge on any atom is -0.489 e. The van der Waals surface area contributed by atoms with E-state index >= 15 is 0 Å². The van der Waals surface area contributed by atoms with Gasteiger partial charge in [0.2, 0.25) is 0 Å². The number of amides is 1. The van der Waals surface area contributed by atoms with Crippen molar-refractivity contribution >= 4 is 5.91 Å². The molecule has 0 aliphatic carbocycles. The molecule has 2 aromatic rings. The quantitative estimate of drug-likeness (QED) is 0.628. The van der Waals surface area contributed by atoms with Crippen LogP contribution in [0.3, 0.4) is 0 Å². The average Bonchev–Trinajstić information content (AvgIpc) is 2.59. The lowest BCUT2D eigenvalue weighted by atomic mass is 10.0. The van der Waals surface area contributed by atoms with E-state index in [1.54, 1.807) is 12.1 Å². The Morgan fingerprint density at radius 2 is 1.87 bits per heavy atom. The maximum absolute atomic E-state index is 11.7. The molecule has 0 bridgehead atoms. The molecule has 0 aliphatic rings. The SMILES string of the molecule is CONC(C(=O)N=O)c1ccccc1COc1ccccc1C. The fourth-order valence-corrected chi connectivity index (χ4v) is 2.24. The normalized spacial score (nSPS) is 11.7. The lowest BCUT2D eigenvalue weighted by Crippen LogP contribution is -2.27. The summed E-state index contributed by atoms with van der Waals surface area (Å²) in [5.41, 5.74) is 4.87. The fourth-order valence-electron chi connectivity index (χ4n) is 2.24. The van der Waals surface area contributed by atoms with Gasteiger partial charge >= 0.3 is 5.91 Å². The van der Waals surface area contributed by atoms with Gasteiger partial charge in [-0.15, -0.1) is 4.91 Å². The van der Waals surface area contributed by atoms with Crippen LogP contribution in [0.5, 0.6) is 5.75 Å². The Balaban J connectivity index is 2.24. The smallest absolute Gasteiger partial charge is 0.309 e. The number of hydroxylamine groups is 1. The fraction of sp³-hybridized carbons (Fsp3) is 0.235. The van der Waals surface area contributed by atoms with E-state index in [0.29, 0.717) is 5.56 Å². The number of carbonyl (C=O) groups is 1. The number of ether oxygens (including phenoxy) is 1. The van der Waals surface area contributed by atoms with Gasteiger partial charge in [-0.1, -0.05) is 42.5 Å². The largest absolute Gasteiger partial charge is 0.489 e. The summed E-state index contributed by atoms with van der Waals surface area (Å²) in [6.45, 7) is 2.21. The lowest BCUT2D eigenvalue weighted by molar-refractivity contribution is -0.123. The summed E-state index contributed by atoms with van der Waals surface area (Å²) in [4.78, 5) is 27.1. The van der Waals surface area contributed by atoms with Crippen molar-refractivity contribution in [1.82, 2.24) is 5.48 Å². The van der Waals surface area contributed by atoms with Crippen molar-refractivity contribution in [3.05, 3.63) is 70.1 Å². The van der Waals surface area contributed by atoms with Crippen molar-refractivity contribution in [2.75, 3.05) is 7.11 Å². The second-order valence-corrected chi connectivity index (χ2v) is 4.94. The van der Waals surface area contributed by atoms with Crippen LogP contribution in [-0.4, -0.2) is 13.0 Å². The van der Waals surface area contributed by atoms with Crippen molar-refractivity contribution in [1.29, 1.82) is 0 Å². The third-order valence-corrected chi connectivity index (χ3v) is 3.42. The number of hydrogen-bond donors (Lipinski definition) is 1. The number of nitrogens with one attached hydrogen (secondary N) is 1. The zero-order chi connectivity index (χ0) is 16.7. The number of aryl methyl sites for hydroxylation is 1. The molecule has 1 atom stereocenters. The molecule has 0 radical (unpaired) electrons. The van der Waals surface area contributed by atoms with Crippen LogP contribution in [0.25, 0.3) is 0 Å². The molecule has 0 aliphatic heterocycles. The number of carbonyl (C=O) groups excluding carboxylic acids is 1. The lowest BCUT2D eigenvalue weighted by Gasteiger charge is -2.17. The Morgan fingerprint density at radius 3 is 2.57 bits per heavy atom. The first-order valence-corrected chi connectivity index (χ1v) is 7.09. The van der Waals surface area contributed by atoms with Crippen LogP contribution >= 0.6 is 0 Å². The number of nitrogens with zero attached hydrogens (tertiary/aromatic N) is 1. The molecule has 23 heavy (non-hydrogen) atoms. The van der Waals surface area contributed by atoms with Crippen LogP contribution < -0.4 is 10.2 Å². The Morgan fingerprint density at radius 1 is 1.17 bits per heavy atom. The van der Waals surface area contributed by atoms with Gasteiger partial charge in [-0.05, 0) is 29.7 Å². The van der Waals surface area contributed by atoms with Gasteiger partial charge in [0.25, 0.3) is 0 Å². The zero-order valence-electron chi connectivity index (χ0n) is 13.0. The monoisotopic (exact) mass is 314 g/mol. The predicted octanol–water partition coefficient (Wildman–Crippen LogP) is 3.06. The number of rotatable bonds is 7. The average molecular weight is 314 g/mol. The van der Waals surface area contributed by atoms with Crippen LogP contribution in [-0.2, 0) is 16.2 Å². The first-order chi connectivity index (χ1) is 11.2. The highest BCUT2D eigenvalue weighted by Gasteiger charge is 2.24. The Kier molecular flexibility index (Phi) is 5.96. The van der Waals surface area contributed by atoms with E-state index in [-0.39, 0.29) is 6.61 Å². The minimum atomic E-state index is -0.964. The van der Waals surface area contributed by atoms with E-state index in [2.05, 4.69) is 10.7 Å². The highest BCUT2D eigenvalue weighted by atomic mass is 16.6. The molecular formula is C17H18N2O4. The van der Waals surface area contributed by atoms with Crippen LogP contribution in [0.4, 0.5) is 0 Å². The summed E-state index contributed by atoms with van der Waals surface area (Å²) in [5.74, 6) is -0.0893. The highest BCUT2D eigenvalue weighted by molar-refractivity contribution is 5.84. The first-order valence-electron chi connectivity index (χ1n) is 7.09.